The van der Waals surface area contributed by atoms with Crippen molar-refractivity contribution in [1.29, 1.82) is 0 Å². The van der Waals surface area contributed by atoms with Crippen molar-refractivity contribution >= 4 is 40.0 Å². The molecule has 0 radical (unpaired) electrons. The van der Waals surface area contributed by atoms with Crippen LogP contribution in [-0.2, 0) is 21.8 Å². The van der Waals surface area contributed by atoms with E-state index in [1.807, 2.05) is 48.5 Å². The number of fused-ring (bicyclic) bond motifs is 1. The molecule has 8 heteroatoms. The standard InChI is InChI=1S/C37H47N3O3SSi/c1-26-34(39-40(36(2,3)4)35(26)38-30-19-20-33-28(24-30)21-22-44(33,41)42)29-18-17-27(23-29)25-37(5,6)45(43,31-13-9-7-10-14-31)32-15-11-8-12-16-32/h7-16,19-20,24,27,29,38,43H,17-18,21-23,25H2,1-6H3/t27-,29?/m1/s1. The minimum Gasteiger partial charge on any atom is -0.424 e. The monoisotopic (exact) mass is 641 g/mol. The van der Waals surface area contributed by atoms with Crippen molar-refractivity contribution in [2.45, 2.75) is 95.0 Å². The van der Waals surface area contributed by atoms with Gasteiger partial charge in [0.15, 0.2) is 9.84 Å². The summed E-state index contributed by atoms with van der Waals surface area (Å²) in [7, 11) is -6.23. The highest BCUT2D eigenvalue weighted by atomic mass is 32.2. The summed E-state index contributed by atoms with van der Waals surface area (Å²) < 4.78 is 26.9. The number of nitrogens with zero attached hydrogens (tertiary/aromatic N) is 2. The molecule has 0 bridgehead atoms. The van der Waals surface area contributed by atoms with E-state index in [4.69, 9.17) is 5.10 Å². The summed E-state index contributed by atoms with van der Waals surface area (Å²) in [5.74, 6) is 2.00. The summed E-state index contributed by atoms with van der Waals surface area (Å²) in [5.41, 5.74) is 3.84. The van der Waals surface area contributed by atoms with Crippen LogP contribution in [0.1, 0.15) is 83.0 Å². The van der Waals surface area contributed by atoms with Gasteiger partial charge in [0.1, 0.15) is 5.82 Å². The third-order valence-corrected chi connectivity index (χ3v) is 16.5. The van der Waals surface area contributed by atoms with E-state index in [1.165, 1.54) is 0 Å². The van der Waals surface area contributed by atoms with Crippen molar-refractivity contribution in [2.75, 3.05) is 11.1 Å². The average Bonchev–Trinajstić information content (AvgIpc) is 3.68. The molecule has 4 aromatic rings. The van der Waals surface area contributed by atoms with Gasteiger partial charge < -0.3 is 10.1 Å². The molecule has 2 heterocycles. The van der Waals surface area contributed by atoms with Gasteiger partial charge in [0.05, 0.1) is 21.9 Å². The van der Waals surface area contributed by atoms with Gasteiger partial charge in [-0.25, -0.2) is 13.1 Å². The fourth-order valence-corrected chi connectivity index (χ4v) is 13.2. The number of rotatable bonds is 8. The summed E-state index contributed by atoms with van der Waals surface area (Å²) >= 11 is 0. The number of sulfone groups is 1. The van der Waals surface area contributed by atoms with Gasteiger partial charge in [-0.1, -0.05) is 74.5 Å². The van der Waals surface area contributed by atoms with E-state index in [1.54, 1.807) is 6.07 Å². The van der Waals surface area contributed by atoms with Crippen LogP contribution in [0.2, 0.25) is 5.04 Å². The van der Waals surface area contributed by atoms with Gasteiger partial charge >= 0.3 is 0 Å². The molecule has 0 saturated heterocycles. The topological polar surface area (TPSA) is 84.2 Å². The molecule has 6 rings (SSSR count). The third-order valence-electron chi connectivity index (χ3n) is 10.2. The maximum absolute atomic E-state index is 12.7. The first-order valence-electron chi connectivity index (χ1n) is 16.3. The van der Waals surface area contributed by atoms with E-state index in [9.17, 15) is 13.2 Å². The van der Waals surface area contributed by atoms with Gasteiger partial charge in [-0.3, -0.25) is 0 Å². The number of hydrogen-bond acceptors (Lipinski definition) is 5. The molecule has 238 valence electrons. The van der Waals surface area contributed by atoms with Gasteiger partial charge in [-0.15, -0.1) is 0 Å². The van der Waals surface area contributed by atoms with Crippen LogP contribution >= 0.6 is 0 Å². The van der Waals surface area contributed by atoms with E-state index in [0.29, 0.717) is 23.2 Å². The van der Waals surface area contributed by atoms with Crippen LogP contribution in [-0.4, -0.2) is 37.1 Å². The Bertz CT molecular complexity index is 1750. The SMILES string of the molecule is Cc1c(C2CC[C@@H](CC(C)(C)[Si](O)(c3ccccc3)c3ccccc3)C2)nn(C(C)(C)C)c1Nc1ccc2c(c1)CCS2(=O)=O. The van der Waals surface area contributed by atoms with E-state index >= 15 is 0 Å². The molecule has 2 atom stereocenters. The van der Waals surface area contributed by atoms with E-state index in [-0.39, 0.29) is 16.3 Å². The molecule has 0 amide bonds. The Morgan fingerprint density at radius 3 is 2.16 bits per heavy atom. The fraction of sp³-hybridized carbons (Fsp3) is 0.432. The Morgan fingerprint density at radius 2 is 1.56 bits per heavy atom. The molecule has 45 heavy (non-hydrogen) atoms. The van der Waals surface area contributed by atoms with Gasteiger partial charge in [0.2, 0.25) is 0 Å². The molecule has 1 unspecified atom stereocenters. The van der Waals surface area contributed by atoms with Gasteiger partial charge in [0.25, 0.3) is 8.32 Å². The van der Waals surface area contributed by atoms with Crippen molar-refractivity contribution in [3.8, 4) is 0 Å². The molecule has 1 aromatic heterocycles. The number of aromatic nitrogens is 2. The first-order chi connectivity index (χ1) is 21.2. The molecule has 2 N–H and O–H groups in total. The summed E-state index contributed by atoms with van der Waals surface area (Å²) in [6, 6.07) is 26.2. The van der Waals surface area contributed by atoms with E-state index in [2.05, 4.69) is 75.8 Å². The summed E-state index contributed by atoms with van der Waals surface area (Å²) in [6.07, 6.45) is 4.76. The Labute approximate surface area is 270 Å². The summed E-state index contributed by atoms with van der Waals surface area (Å²) in [5, 5.41) is 10.7. The van der Waals surface area contributed by atoms with Crippen molar-refractivity contribution in [1.82, 2.24) is 9.78 Å². The van der Waals surface area contributed by atoms with E-state index in [0.717, 1.165) is 64.4 Å². The van der Waals surface area contributed by atoms with Crippen LogP contribution in [0.15, 0.2) is 83.8 Å². The smallest absolute Gasteiger partial charge is 0.258 e. The largest absolute Gasteiger partial charge is 0.424 e. The van der Waals surface area contributed by atoms with Crippen LogP contribution in [0.3, 0.4) is 0 Å². The molecular formula is C37H47N3O3SSi. The average molecular weight is 642 g/mol. The highest BCUT2D eigenvalue weighted by Crippen LogP contribution is 2.49. The number of aryl methyl sites for hydroxylation is 1. The maximum Gasteiger partial charge on any atom is 0.258 e. The second-order valence-corrected chi connectivity index (χ2v) is 20.9. The second kappa shape index (κ2) is 11.5. The first-order valence-corrected chi connectivity index (χ1v) is 19.9. The van der Waals surface area contributed by atoms with Crippen LogP contribution in [0, 0.1) is 12.8 Å². The Morgan fingerprint density at radius 1 is 0.933 bits per heavy atom. The van der Waals surface area contributed by atoms with Crippen molar-refractivity contribution in [3.05, 3.63) is 95.7 Å². The molecular weight excluding hydrogens is 595 g/mol. The van der Waals surface area contributed by atoms with Gasteiger partial charge in [-0.05, 0) is 105 Å². The number of benzene rings is 3. The van der Waals surface area contributed by atoms with Crippen molar-refractivity contribution in [2.24, 2.45) is 5.92 Å². The van der Waals surface area contributed by atoms with Crippen LogP contribution in [0.25, 0.3) is 0 Å². The highest BCUT2D eigenvalue weighted by molar-refractivity contribution is 7.91. The minimum absolute atomic E-state index is 0.186. The lowest BCUT2D eigenvalue weighted by Gasteiger charge is -2.42. The minimum atomic E-state index is -3.16. The third kappa shape index (κ3) is 5.81. The molecule has 1 fully saturated rings. The molecule has 3 aromatic carbocycles. The van der Waals surface area contributed by atoms with Crippen molar-refractivity contribution in [3.63, 3.8) is 0 Å². The van der Waals surface area contributed by atoms with Crippen LogP contribution in [0.5, 0.6) is 0 Å². The van der Waals surface area contributed by atoms with Crippen LogP contribution < -0.4 is 15.7 Å². The second-order valence-electron chi connectivity index (χ2n) is 14.9. The maximum atomic E-state index is 12.7. The number of anilines is 2. The zero-order valence-corrected chi connectivity index (χ0v) is 29.3. The molecule has 1 aliphatic heterocycles. The molecule has 2 aliphatic rings. The lowest BCUT2D eigenvalue weighted by Crippen LogP contribution is -2.65. The zero-order valence-electron chi connectivity index (χ0n) is 27.5. The number of nitrogens with one attached hydrogen (secondary N) is 1. The fourth-order valence-electron chi connectivity index (χ4n) is 7.86. The lowest BCUT2D eigenvalue weighted by molar-refractivity contribution is 0.355. The van der Waals surface area contributed by atoms with Gasteiger partial charge in [0, 0.05) is 17.2 Å². The molecule has 0 spiro atoms. The quantitative estimate of drug-likeness (QED) is 0.206. The molecule has 1 saturated carbocycles. The molecule has 1 aliphatic carbocycles. The predicted molar refractivity (Wildman–Crippen MR) is 186 cm³/mol. The molecule has 6 nitrogen and oxygen atoms in total. The number of hydrogen-bond donors (Lipinski definition) is 2. The van der Waals surface area contributed by atoms with Crippen LogP contribution in [0.4, 0.5) is 11.5 Å². The van der Waals surface area contributed by atoms with Gasteiger partial charge in [-0.2, -0.15) is 5.10 Å². The summed E-state index contributed by atoms with van der Waals surface area (Å²) in [4.78, 5) is 13.2. The highest BCUT2D eigenvalue weighted by Gasteiger charge is 2.51. The normalized spacial score (nSPS) is 19.9. The Kier molecular flexibility index (Phi) is 8.15. The predicted octanol–water partition coefficient (Wildman–Crippen LogP) is 6.83. The lowest BCUT2D eigenvalue weighted by atomic mass is 9.92. The van der Waals surface area contributed by atoms with E-state index < -0.39 is 18.2 Å². The Hall–Kier alpha value is -3.20. The first kappa shape index (κ1) is 31.8. The zero-order chi connectivity index (χ0) is 32.2. The summed E-state index contributed by atoms with van der Waals surface area (Å²) in [6.45, 7) is 13.2. The Balaban J connectivity index is 1.26. The van der Waals surface area contributed by atoms with Crippen molar-refractivity contribution < 1.29 is 13.2 Å².